The topological polar surface area (TPSA) is 18.1 Å². The third-order valence-corrected chi connectivity index (χ3v) is 8.66. The van der Waals surface area contributed by atoms with Crippen LogP contribution in [0.15, 0.2) is 138 Å². The van der Waals surface area contributed by atoms with Crippen molar-refractivity contribution in [3.8, 4) is 16.8 Å². The molecule has 7 aromatic carbocycles. The van der Waals surface area contributed by atoms with Crippen LogP contribution in [0, 0.1) is 0 Å². The Morgan fingerprint density at radius 1 is 0.439 bits per heavy atom. The number of fused-ring (bicyclic) bond motifs is 9. The molecule has 2 aromatic heterocycles. The van der Waals surface area contributed by atoms with Gasteiger partial charge in [0.25, 0.3) is 0 Å². The summed E-state index contributed by atoms with van der Waals surface area (Å²) in [5.74, 6) is 0. The first-order chi connectivity index (χ1) is 20.2. The normalized spacial score (nSPS) is 12.0. The monoisotopic (exact) mass is 543 g/mol. The molecule has 0 fully saturated rings. The first-order valence-corrected chi connectivity index (χ1v) is 14.2. The van der Waals surface area contributed by atoms with E-state index in [0.717, 1.165) is 49.2 Å². The SMILES string of the molecule is Clc1ccc2c3cc(-c4ccc5oc6ccccc6c5c4)ccc3n(-c3ccc4ccc5ccccc5c4c3)c2c1. The predicted octanol–water partition coefficient (Wildman–Crippen LogP) is 11.3. The quantitative estimate of drug-likeness (QED) is 0.198. The molecule has 2 nitrogen and oxygen atoms in total. The minimum absolute atomic E-state index is 0.727. The van der Waals surface area contributed by atoms with Crippen molar-refractivity contribution < 1.29 is 4.42 Å². The van der Waals surface area contributed by atoms with Crippen molar-refractivity contribution in [2.75, 3.05) is 0 Å². The van der Waals surface area contributed by atoms with Crippen molar-refractivity contribution in [2.24, 2.45) is 0 Å². The van der Waals surface area contributed by atoms with Gasteiger partial charge in [0, 0.05) is 32.3 Å². The Morgan fingerprint density at radius 2 is 1.15 bits per heavy atom. The maximum absolute atomic E-state index is 6.58. The minimum atomic E-state index is 0.727. The summed E-state index contributed by atoms with van der Waals surface area (Å²) in [6.45, 7) is 0. The number of aromatic nitrogens is 1. The summed E-state index contributed by atoms with van der Waals surface area (Å²) in [7, 11) is 0. The van der Waals surface area contributed by atoms with Gasteiger partial charge in [0.05, 0.1) is 11.0 Å². The predicted molar refractivity (Wildman–Crippen MR) is 174 cm³/mol. The smallest absolute Gasteiger partial charge is 0.135 e. The fourth-order valence-corrected chi connectivity index (χ4v) is 6.65. The summed E-state index contributed by atoms with van der Waals surface area (Å²) in [6, 6.07) is 47.4. The third-order valence-electron chi connectivity index (χ3n) is 8.43. The summed E-state index contributed by atoms with van der Waals surface area (Å²) in [5, 5.41) is 10.4. The van der Waals surface area contributed by atoms with Gasteiger partial charge in [0.2, 0.25) is 0 Å². The van der Waals surface area contributed by atoms with Crippen LogP contribution in [0.2, 0.25) is 5.02 Å². The average molecular weight is 544 g/mol. The van der Waals surface area contributed by atoms with Crippen LogP contribution in [0.3, 0.4) is 0 Å². The van der Waals surface area contributed by atoms with Crippen molar-refractivity contribution in [3.63, 3.8) is 0 Å². The van der Waals surface area contributed by atoms with Gasteiger partial charge in [0.1, 0.15) is 11.2 Å². The van der Waals surface area contributed by atoms with E-state index >= 15 is 0 Å². The zero-order valence-electron chi connectivity index (χ0n) is 21.9. The van der Waals surface area contributed by atoms with E-state index in [2.05, 4.69) is 120 Å². The van der Waals surface area contributed by atoms with Crippen LogP contribution < -0.4 is 0 Å². The second-order valence-electron chi connectivity index (χ2n) is 10.7. The highest BCUT2D eigenvalue weighted by atomic mass is 35.5. The minimum Gasteiger partial charge on any atom is -0.456 e. The number of furan rings is 1. The van der Waals surface area contributed by atoms with E-state index in [4.69, 9.17) is 16.0 Å². The van der Waals surface area contributed by atoms with E-state index in [9.17, 15) is 0 Å². The molecule has 0 spiro atoms. The fraction of sp³-hybridized carbons (Fsp3) is 0. The molecular formula is C38H22ClNO. The lowest BCUT2D eigenvalue weighted by atomic mass is 10.0. The molecule has 0 N–H and O–H groups in total. The van der Waals surface area contributed by atoms with Crippen molar-refractivity contribution in [1.29, 1.82) is 0 Å². The molecule has 0 unspecified atom stereocenters. The molecule has 9 aromatic rings. The molecule has 0 atom stereocenters. The molecular weight excluding hydrogens is 522 g/mol. The lowest BCUT2D eigenvalue weighted by molar-refractivity contribution is 0.669. The van der Waals surface area contributed by atoms with Crippen LogP contribution in [0.1, 0.15) is 0 Å². The zero-order valence-corrected chi connectivity index (χ0v) is 22.7. The van der Waals surface area contributed by atoms with Gasteiger partial charge in [0.15, 0.2) is 0 Å². The highest BCUT2D eigenvalue weighted by Crippen LogP contribution is 2.39. The molecule has 0 aliphatic carbocycles. The standard InChI is InChI=1S/C38H22ClNO/c39-27-14-16-30-33-19-25(26-13-18-38-34(20-26)31-7-3-4-8-37(31)41-38)12-17-35(33)40(36(30)21-27)28-15-11-24-10-9-23-5-1-2-6-29(23)32(24)22-28/h1-22H. The van der Waals surface area contributed by atoms with E-state index in [-0.39, 0.29) is 0 Å². The van der Waals surface area contributed by atoms with Crippen molar-refractivity contribution in [3.05, 3.63) is 138 Å². The molecule has 0 saturated heterocycles. The lowest BCUT2D eigenvalue weighted by Crippen LogP contribution is -1.94. The molecule has 192 valence electrons. The molecule has 0 aliphatic rings. The Morgan fingerprint density at radius 3 is 2.05 bits per heavy atom. The second-order valence-corrected chi connectivity index (χ2v) is 11.2. The number of hydrogen-bond donors (Lipinski definition) is 0. The summed E-state index contributed by atoms with van der Waals surface area (Å²) >= 11 is 6.58. The van der Waals surface area contributed by atoms with Gasteiger partial charge in [-0.3, -0.25) is 0 Å². The van der Waals surface area contributed by atoms with E-state index < -0.39 is 0 Å². The Bertz CT molecular complexity index is 2500. The molecule has 9 rings (SSSR count). The highest BCUT2D eigenvalue weighted by Gasteiger charge is 2.16. The molecule has 3 heteroatoms. The Balaban J connectivity index is 1.29. The van der Waals surface area contributed by atoms with Gasteiger partial charge < -0.3 is 8.98 Å². The number of halogens is 1. The van der Waals surface area contributed by atoms with Crippen LogP contribution in [0.4, 0.5) is 0 Å². The number of para-hydroxylation sites is 1. The van der Waals surface area contributed by atoms with E-state index in [1.807, 2.05) is 18.2 Å². The highest BCUT2D eigenvalue weighted by molar-refractivity contribution is 6.31. The van der Waals surface area contributed by atoms with Crippen LogP contribution in [-0.4, -0.2) is 4.57 Å². The number of rotatable bonds is 2. The second kappa shape index (κ2) is 8.47. The van der Waals surface area contributed by atoms with Gasteiger partial charge >= 0.3 is 0 Å². The first-order valence-electron chi connectivity index (χ1n) is 13.8. The Hall–Kier alpha value is -5.05. The van der Waals surface area contributed by atoms with Gasteiger partial charge in [-0.05, 0) is 87.3 Å². The van der Waals surface area contributed by atoms with Gasteiger partial charge in [-0.15, -0.1) is 0 Å². The van der Waals surface area contributed by atoms with E-state index in [1.165, 1.54) is 37.9 Å². The van der Waals surface area contributed by atoms with Gasteiger partial charge in [-0.25, -0.2) is 0 Å². The van der Waals surface area contributed by atoms with Crippen LogP contribution in [0.25, 0.3) is 82.1 Å². The zero-order chi connectivity index (χ0) is 27.1. The molecule has 0 bridgehead atoms. The van der Waals surface area contributed by atoms with E-state index in [0.29, 0.717) is 0 Å². The Labute approximate surface area is 240 Å². The van der Waals surface area contributed by atoms with Crippen molar-refractivity contribution in [2.45, 2.75) is 0 Å². The largest absolute Gasteiger partial charge is 0.456 e. The van der Waals surface area contributed by atoms with Crippen molar-refractivity contribution in [1.82, 2.24) is 4.57 Å². The lowest BCUT2D eigenvalue weighted by Gasteiger charge is -2.11. The van der Waals surface area contributed by atoms with E-state index in [1.54, 1.807) is 0 Å². The molecule has 0 aliphatic heterocycles. The number of hydrogen-bond acceptors (Lipinski definition) is 1. The summed E-state index contributed by atoms with van der Waals surface area (Å²) < 4.78 is 8.42. The maximum atomic E-state index is 6.58. The molecule has 0 amide bonds. The van der Waals surface area contributed by atoms with Gasteiger partial charge in [-0.2, -0.15) is 0 Å². The Kier molecular flexibility index (Phi) is 4.70. The summed E-state index contributed by atoms with van der Waals surface area (Å²) in [4.78, 5) is 0. The van der Waals surface area contributed by atoms with Crippen LogP contribution >= 0.6 is 11.6 Å². The molecule has 2 heterocycles. The molecule has 0 saturated carbocycles. The molecule has 0 radical (unpaired) electrons. The maximum Gasteiger partial charge on any atom is 0.135 e. The third kappa shape index (κ3) is 3.38. The number of benzene rings is 7. The molecule has 41 heavy (non-hydrogen) atoms. The van der Waals surface area contributed by atoms with Crippen LogP contribution in [-0.2, 0) is 0 Å². The summed E-state index contributed by atoms with van der Waals surface area (Å²) in [5.41, 5.74) is 7.53. The summed E-state index contributed by atoms with van der Waals surface area (Å²) in [6.07, 6.45) is 0. The first kappa shape index (κ1) is 22.7. The average Bonchev–Trinajstić information content (AvgIpc) is 3.55. The van der Waals surface area contributed by atoms with Gasteiger partial charge in [-0.1, -0.05) is 90.5 Å². The fourth-order valence-electron chi connectivity index (χ4n) is 6.49. The number of nitrogens with zero attached hydrogens (tertiary/aromatic N) is 1. The van der Waals surface area contributed by atoms with Crippen LogP contribution in [0.5, 0.6) is 0 Å². The van der Waals surface area contributed by atoms with Crippen molar-refractivity contribution >= 4 is 76.9 Å².